The molecule has 0 saturated heterocycles. The van der Waals surface area contributed by atoms with E-state index in [9.17, 15) is 4.39 Å². The zero-order valence-corrected chi connectivity index (χ0v) is 12.5. The van der Waals surface area contributed by atoms with Gasteiger partial charge in [-0.2, -0.15) is 0 Å². The van der Waals surface area contributed by atoms with Gasteiger partial charge in [0.2, 0.25) is 0 Å². The molecular formula is C15H25FN2O2. The van der Waals surface area contributed by atoms with Crippen molar-refractivity contribution in [2.75, 3.05) is 13.7 Å². The summed E-state index contributed by atoms with van der Waals surface area (Å²) in [6.07, 6.45) is 2.31. The van der Waals surface area contributed by atoms with Crippen LogP contribution in [0.25, 0.3) is 0 Å². The second-order valence-electron chi connectivity index (χ2n) is 4.69. The molecule has 0 spiro atoms. The van der Waals surface area contributed by atoms with E-state index in [1.165, 1.54) is 7.11 Å². The highest BCUT2D eigenvalue weighted by molar-refractivity contribution is 5.31. The number of nitrogens with one attached hydrogen (secondary N) is 1. The van der Waals surface area contributed by atoms with Crippen LogP contribution in [0.15, 0.2) is 18.2 Å². The average Bonchev–Trinajstić information content (AvgIpc) is 2.46. The van der Waals surface area contributed by atoms with Gasteiger partial charge in [0.05, 0.1) is 19.3 Å². The Hall–Kier alpha value is -1.17. The fraction of sp³-hybridized carbons (Fsp3) is 0.600. The minimum atomic E-state index is -0.331. The molecule has 114 valence electrons. The normalized spacial score (nSPS) is 14.1. The number of rotatable bonds is 9. The number of halogens is 1. The maximum Gasteiger partial charge on any atom is 0.168 e. The highest BCUT2D eigenvalue weighted by atomic mass is 19.1. The zero-order chi connectivity index (χ0) is 15.0. The van der Waals surface area contributed by atoms with E-state index in [0.717, 1.165) is 12.8 Å². The Morgan fingerprint density at radius 3 is 2.65 bits per heavy atom. The molecule has 3 N–H and O–H groups in total. The van der Waals surface area contributed by atoms with Crippen LogP contribution >= 0.6 is 0 Å². The highest BCUT2D eigenvalue weighted by Crippen LogP contribution is 2.22. The number of ether oxygens (including phenoxy) is 2. The molecule has 5 heteroatoms. The van der Waals surface area contributed by atoms with Crippen LogP contribution in [0.2, 0.25) is 0 Å². The second-order valence-corrected chi connectivity index (χ2v) is 4.69. The molecule has 0 fully saturated rings. The first-order chi connectivity index (χ1) is 9.67. The molecule has 0 aliphatic heterocycles. The quantitative estimate of drug-likeness (QED) is 0.540. The van der Waals surface area contributed by atoms with Crippen LogP contribution in [0.5, 0.6) is 5.75 Å². The Morgan fingerprint density at radius 1 is 1.35 bits per heavy atom. The smallest absolute Gasteiger partial charge is 0.168 e. The van der Waals surface area contributed by atoms with Crippen LogP contribution < -0.4 is 16.0 Å². The lowest BCUT2D eigenvalue weighted by Crippen LogP contribution is -2.46. The predicted octanol–water partition coefficient (Wildman–Crippen LogP) is 2.41. The molecule has 1 aromatic carbocycles. The summed E-state index contributed by atoms with van der Waals surface area (Å²) in [6.45, 7) is 4.65. The lowest BCUT2D eigenvalue weighted by Gasteiger charge is -2.26. The van der Waals surface area contributed by atoms with E-state index in [0.29, 0.717) is 18.6 Å². The van der Waals surface area contributed by atoms with E-state index >= 15 is 0 Å². The molecule has 20 heavy (non-hydrogen) atoms. The van der Waals surface area contributed by atoms with E-state index in [2.05, 4.69) is 12.3 Å². The van der Waals surface area contributed by atoms with Crippen LogP contribution in [-0.2, 0) is 11.2 Å². The number of hydrogen-bond donors (Lipinski definition) is 2. The van der Waals surface area contributed by atoms with E-state index < -0.39 is 0 Å². The molecule has 0 aliphatic carbocycles. The number of hydrogen-bond acceptors (Lipinski definition) is 4. The van der Waals surface area contributed by atoms with Crippen molar-refractivity contribution in [1.29, 1.82) is 0 Å². The maximum absolute atomic E-state index is 14.2. The van der Waals surface area contributed by atoms with E-state index in [1.807, 2.05) is 6.92 Å². The first-order valence-electron chi connectivity index (χ1n) is 7.06. The summed E-state index contributed by atoms with van der Waals surface area (Å²) in [6, 6.07) is 5.00. The third-order valence-corrected chi connectivity index (χ3v) is 3.32. The molecule has 0 radical (unpaired) electrons. The van der Waals surface area contributed by atoms with Crippen molar-refractivity contribution < 1.29 is 13.9 Å². The molecule has 0 aromatic heterocycles. The van der Waals surface area contributed by atoms with Crippen LogP contribution in [0, 0.1) is 5.82 Å². The number of benzene rings is 1. The van der Waals surface area contributed by atoms with Crippen molar-refractivity contribution in [1.82, 2.24) is 5.43 Å². The topological polar surface area (TPSA) is 56.5 Å². The van der Waals surface area contributed by atoms with Crippen molar-refractivity contribution in [2.24, 2.45) is 5.84 Å². The molecule has 0 saturated carbocycles. The Kier molecular flexibility index (Phi) is 7.51. The molecule has 0 amide bonds. The third-order valence-electron chi connectivity index (χ3n) is 3.32. The summed E-state index contributed by atoms with van der Waals surface area (Å²) < 4.78 is 24.9. The number of methoxy groups -OCH3 is 1. The zero-order valence-electron chi connectivity index (χ0n) is 12.5. The largest absolute Gasteiger partial charge is 0.494 e. The molecular weight excluding hydrogens is 259 g/mol. The maximum atomic E-state index is 14.2. The Labute approximate surface area is 120 Å². The first kappa shape index (κ1) is 16.9. The van der Waals surface area contributed by atoms with Crippen molar-refractivity contribution in [3.05, 3.63) is 29.6 Å². The van der Waals surface area contributed by atoms with Crippen molar-refractivity contribution in [3.63, 3.8) is 0 Å². The van der Waals surface area contributed by atoms with Crippen molar-refractivity contribution in [2.45, 2.75) is 45.3 Å². The summed E-state index contributed by atoms with van der Waals surface area (Å²) in [5, 5.41) is 0. The van der Waals surface area contributed by atoms with Gasteiger partial charge in [0.25, 0.3) is 0 Å². The van der Waals surface area contributed by atoms with Crippen LogP contribution in [-0.4, -0.2) is 25.9 Å². The SMILES string of the molecule is CCCC(OCC)C(Cc1cccc(OC)c1F)NN. The van der Waals surface area contributed by atoms with Crippen LogP contribution in [0.1, 0.15) is 32.3 Å². The molecule has 2 unspecified atom stereocenters. The fourth-order valence-electron chi connectivity index (χ4n) is 2.31. The minimum absolute atomic E-state index is 0.0272. The summed E-state index contributed by atoms with van der Waals surface area (Å²) in [5.74, 6) is 5.54. The monoisotopic (exact) mass is 284 g/mol. The average molecular weight is 284 g/mol. The fourth-order valence-corrected chi connectivity index (χ4v) is 2.31. The summed E-state index contributed by atoms with van der Waals surface area (Å²) in [4.78, 5) is 0. The van der Waals surface area contributed by atoms with Gasteiger partial charge < -0.3 is 9.47 Å². The third kappa shape index (κ3) is 4.44. The standard InChI is InChI=1S/C15H25FN2O2/c1-4-7-13(20-5-2)12(18-17)10-11-8-6-9-14(19-3)15(11)16/h6,8-9,12-13,18H,4-5,7,10,17H2,1-3H3. The molecule has 0 aliphatic rings. The Morgan fingerprint density at radius 2 is 2.10 bits per heavy atom. The second kappa shape index (κ2) is 8.89. The van der Waals surface area contributed by atoms with Gasteiger partial charge in [-0.3, -0.25) is 11.3 Å². The Balaban J connectivity index is 2.86. The summed E-state index contributed by atoms with van der Waals surface area (Å²) in [5.41, 5.74) is 3.33. The number of hydrazine groups is 1. The van der Waals surface area contributed by atoms with E-state index in [4.69, 9.17) is 15.3 Å². The van der Waals surface area contributed by atoms with E-state index in [1.54, 1.807) is 18.2 Å². The molecule has 1 rings (SSSR count). The number of nitrogens with two attached hydrogens (primary N) is 1. The van der Waals surface area contributed by atoms with Gasteiger partial charge in [-0.25, -0.2) is 4.39 Å². The molecule has 0 bridgehead atoms. The van der Waals surface area contributed by atoms with Gasteiger partial charge in [0.15, 0.2) is 11.6 Å². The molecule has 1 aromatic rings. The summed E-state index contributed by atoms with van der Waals surface area (Å²) in [7, 11) is 1.46. The van der Waals surface area contributed by atoms with Gasteiger partial charge in [0, 0.05) is 6.61 Å². The molecule has 0 heterocycles. The van der Waals surface area contributed by atoms with Gasteiger partial charge in [0.1, 0.15) is 0 Å². The van der Waals surface area contributed by atoms with Gasteiger partial charge >= 0.3 is 0 Å². The lowest BCUT2D eigenvalue weighted by molar-refractivity contribution is 0.0279. The predicted molar refractivity (Wildman–Crippen MR) is 78.1 cm³/mol. The van der Waals surface area contributed by atoms with Gasteiger partial charge in [-0.15, -0.1) is 0 Å². The highest BCUT2D eigenvalue weighted by Gasteiger charge is 2.22. The first-order valence-corrected chi connectivity index (χ1v) is 7.06. The van der Waals surface area contributed by atoms with Gasteiger partial charge in [-0.05, 0) is 31.4 Å². The molecule has 2 atom stereocenters. The summed E-state index contributed by atoms with van der Waals surface area (Å²) >= 11 is 0. The van der Waals surface area contributed by atoms with E-state index in [-0.39, 0.29) is 23.7 Å². The Bertz CT molecular complexity index is 395. The van der Waals surface area contributed by atoms with Gasteiger partial charge in [-0.1, -0.05) is 25.5 Å². The van der Waals surface area contributed by atoms with Crippen LogP contribution in [0.3, 0.4) is 0 Å². The minimum Gasteiger partial charge on any atom is -0.494 e. The van der Waals surface area contributed by atoms with Crippen molar-refractivity contribution in [3.8, 4) is 5.75 Å². The molecule has 4 nitrogen and oxygen atoms in total. The van der Waals surface area contributed by atoms with Crippen molar-refractivity contribution >= 4 is 0 Å². The van der Waals surface area contributed by atoms with Crippen LogP contribution in [0.4, 0.5) is 4.39 Å². The lowest BCUT2D eigenvalue weighted by atomic mass is 9.98.